The van der Waals surface area contributed by atoms with Crippen LogP contribution in [-0.4, -0.2) is 13.7 Å². The second-order valence-corrected chi connectivity index (χ2v) is 6.05. The van der Waals surface area contributed by atoms with Crippen LogP contribution in [0, 0.1) is 0 Å². The molecule has 1 unspecified atom stereocenters. The number of methoxy groups -OCH3 is 1. The van der Waals surface area contributed by atoms with Crippen molar-refractivity contribution in [1.29, 1.82) is 0 Å². The summed E-state index contributed by atoms with van der Waals surface area (Å²) in [6.45, 7) is 5.41. The van der Waals surface area contributed by atoms with Crippen LogP contribution in [0.15, 0.2) is 22.7 Å². The minimum atomic E-state index is 0.408. The van der Waals surface area contributed by atoms with Crippen LogP contribution in [0.4, 0.5) is 0 Å². The normalized spacial score (nSPS) is 12.4. The highest BCUT2D eigenvalue weighted by Crippen LogP contribution is 2.30. The number of nitrogens with one attached hydrogen (secondary N) is 1. The SMILES string of the molecule is CCCCCCCC(NCC)c1cc(OC)ccc1Br. The molecular weight excluding hydrogens is 314 g/mol. The van der Waals surface area contributed by atoms with Gasteiger partial charge in [-0.15, -0.1) is 0 Å². The van der Waals surface area contributed by atoms with Crippen LogP contribution in [0.25, 0.3) is 0 Å². The molecule has 1 rings (SSSR count). The van der Waals surface area contributed by atoms with Crippen molar-refractivity contribution in [3.8, 4) is 5.75 Å². The molecule has 3 heteroatoms. The molecule has 0 amide bonds. The third kappa shape index (κ3) is 5.84. The van der Waals surface area contributed by atoms with E-state index < -0.39 is 0 Å². The summed E-state index contributed by atoms with van der Waals surface area (Å²) in [5.74, 6) is 0.928. The number of unbranched alkanes of at least 4 members (excludes halogenated alkanes) is 4. The summed E-state index contributed by atoms with van der Waals surface area (Å²) in [4.78, 5) is 0. The largest absolute Gasteiger partial charge is 0.497 e. The van der Waals surface area contributed by atoms with Crippen molar-refractivity contribution in [2.75, 3.05) is 13.7 Å². The number of ether oxygens (including phenoxy) is 1. The molecule has 1 aromatic rings. The zero-order valence-electron chi connectivity index (χ0n) is 13.0. The van der Waals surface area contributed by atoms with Crippen LogP contribution in [0.1, 0.15) is 64.0 Å². The van der Waals surface area contributed by atoms with Crippen molar-refractivity contribution in [3.05, 3.63) is 28.2 Å². The predicted octanol–water partition coefficient (Wildman–Crippen LogP) is 5.47. The Morgan fingerprint density at radius 3 is 2.55 bits per heavy atom. The summed E-state index contributed by atoms with van der Waals surface area (Å²) < 4.78 is 6.51. The van der Waals surface area contributed by atoms with Gasteiger partial charge < -0.3 is 10.1 Å². The lowest BCUT2D eigenvalue weighted by atomic mass is 9.99. The highest BCUT2D eigenvalue weighted by molar-refractivity contribution is 9.10. The quantitative estimate of drug-likeness (QED) is 0.569. The summed E-state index contributed by atoms with van der Waals surface area (Å²) in [6.07, 6.45) is 7.81. The van der Waals surface area contributed by atoms with E-state index in [1.807, 2.05) is 6.07 Å². The Labute approximate surface area is 132 Å². The molecule has 0 aromatic heterocycles. The van der Waals surface area contributed by atoms with Gasteiger partial charge in [0.25, 0.3) is 0 Å². The second kappa shape index (κ2) is 10.2. The number of hydrogen-bond acceptors (Lipinski definition) is 2. The van der Waals surface area contributed by atoms with Crippen molar-refractivity contribution in [2.24, 2.45) is 0 Å². The maximum Gasteiger partial charge on any atom is 0.119 e. The number of benzene rings is 1. The van der Waals surface area contributed by atoms with Crippen molar-refractivity contribution in [2.45, 2.75) is 58.4 Å². The summed E-state index contributed by atoms with van der Waals surface area (Å²) in [6, 6.07) is 6.63. The lowest BCUT2D eigenvalue weighted by Crippen LogP contribution is -2.21. The third-order valence-electron chi connectivity index (χ3n) is 3.63. The Morgan fingerprint density at radius 1 is 1.15 bits per heavy atom. The fourth-order valence-electron chi connectivity index (χ4n) is 2.48. The van der Waals surface area contributed by atoms with Gasteiger partial charge in [-0.05, 0) is 36.7 Å². The van der Waals surface area contributed by atoms with Gasteiger partial charge in [-0.2, -0.15) is 0 Å². The van der Waals surface area contributed by atoms with Crippen molar-refractivity contribution in [3.63, 3.8) is 0 Å². The van der Waals surface area contributed by atoms with E-state index in [0.717, 1.165) is 16.8 Å². The van der Waals surface area contributed by atoms with Crippen LogP contribution in [-0.2, 0) is 0 Å². The topological polar surface area (TPSA) is 21.3 Å². The van der Waals surface area contributed by atoms with Crippen molar-refractivity contribution >= 4 is 15.9 Å². The lowest BCUT2D eigenvalue weighted by molar-refractivity contribution is 0.411. The molecule has 114 valence electrons. The maximum atomic E-state index is 5.35. The van der Waals surface area contributed by atoms with Crippen LogP contribution in [0.3, 0.4) is 0 Å². The fourth-order valence-corrected chi connectivity index (χ4v) is 3.00. The summed E-state index contributed by atoms with van der Waals surface area (Å²) in [7, 11) is 1.72. The molecule has 0 radical (unpaired) electrons. The minimum absolute atomic E-state index is 0.408. The second-order valence-electron chi connectivity index (χ2n) is 5.20. The van der Waals surface area contributed by atoms with Gasteiger partial charge in [0.05, 0.1) is 7.11 Å². The Balaban J connectivity index is 2.64. The smallest absolute Gasteiger partial charge is 0.119 e. The molecule has 0 saturated heterocycles. The Morgan fingerprint density at radius 2 is 1.90 bits per heavy atom. The molecule has 0 aliphatic heterocycles. The molecule has 20 heavy (non-hydrogen) atoms. The van der Waals surface area contributed by atoms with Gasteiger partial charge >= 0.3 is 0 Å². The first-order chi connectivity index (χ1) is 9.72. The molecule has 0 bridgehead atoms. The standard InChI is InChI=1S/C17H28BrNO/c1-4-6-7-8-9-10-17(19-5-2)15-13-14(20-3)11-12-16(15)18/h11-13,17,19H,4-10H2,1-3H3. The average Bonchev–Trinajstić information content (AvgIpc) is 2.46. The van der Waals surface area contributed by atoms with Gasteiger partial charge in [-0.25, -0.2) is 0 Å². The molecule has 0 aliphatic carbocycles. The molecule has 0 saturated carbocycles. The summed E-state index contributed by atoms with van der Waals surface area (Å²) >= 11 is 3.67. The molecule has 2 nitrogen and oxygen atoms in total. The number of halogens is 1. The molecule has 0 aliphatic rings. The molecule has 1 N–H and O–H groups in total. The lowest BCUT2D eigenvalue weighted by Gasteiger charge is -2.20. The van der Waals surface area contributed by atoms with E-state index in [1.165, 1.54) is 44.1 Å². The van der Waals surface area contributed by atoms with Gasteiger partial charge in [0, 0.05) is 10.5 Å². The van der Waals surface area contributed by atoms with Crippen LogP contribution in [0.2, 0.25) is 0 Å². The number of rotatable bonds is 10. The van der Waals surface area contributed by atoms with Gasteiger partial charge in [-0.3, -0.25) is 0 Å². The van der Waals surface area contributed by atoms with E-state index in [9.17, 15) is 0 Å². The van der Waals surface area contributed by atoms with E-state index in [1.54, 1.807) is 7.11 Å². The maximum absolute atomic E-state index is 5.35. The third-order valence-corrected chi connectivity index (χ3v) is 4.35. The highest BCUT2D eigenvalue weighted by atomic mass is 79.9. The van der Waals surface area contributed by atoms with Gasteiger partial charge in [0.15, 0.2) is 0 Å². The molecular formula is C17H28BrNO. The minimum Gasteiger partial charge on any atom is -0.497 e. The first-order valence-corrected chi connectivity index (χ1v) is 8.59. The van der Waals surface area contributed by atoms with E-state index in [4.69, 9.17) is 4.74 Å². The van der Waals surface area contributed by atoms with Crippen LogP contribution in [0.5, 0.6) is 5.75 Å². The molecule has 0 fully saturated rings. The Bertz CT molecular complexity index is 381. The Kier molecular flexibility index (Phi) is 8.95. The zero-order valence-corrected chi connectivity index (χ0v) is 14.6. The zero-order chi connectivity index (χ0) is 14.8. The van der Waals surface area contributed by atoms with Gasteiger partial charge in [0.2, 0.25) is 0 Å². The monoisotopic (exact) mass is 341 g/mol. The average molecular weight is 342 g/mol. The van der Waals surface area contributed by atoms with Crippen LogP contribution < -0.4 is 10.1 Å². The fraction of sp³-hybridized carbons (Fsp3) is 0.647. The molecule has 1 atom stereocenters. The Hall–Kier alpha value is -0.540. The first kappa shape index (κ1) is 17.5. The van der Waals surface area contributed by atoms with Crippen molar-refractivity contribution < 1.29 is 4.74 Å². The van der Waals surface area contributed by atoms with E-state index in [0.29, 0.717) is 6.04 Å². The van der Waals surface area contributed by atoms with Gasteiger partial charge in [0.1, 0.15) is 5.75 Å². The highest BCUT2D eigenvalue weighted by Gasteiger charge is 2.14. The van der Waals surface area contributed by atoms with Crippen LogP contribution >= 0.6 is 15.9 Å². The molecule has 0 spiro atoms. The van der Waals surface area contributed by atoms with Gasteiger partial charge in [-0.1, -0.05) is 61.9 Å². The van der Waals surface area contributed by atoms with Crippen molar-refractivity contribution in [1.82, 2.24) is 5.32 Å². The van der Waals surface area contributed by atoms with E-state index in [2.05, 4.69) is 47.2 Å². The van der Waals surface area contributed by atoms with E-state index in [-0.39, 0.29) is 0 Å². The summed E-state index contributed by atoms with van der Waals surface area (Å²) in [5.41, 5.74) is 1.31. The summed E-state index contributed by atoms with van der Waals surface area (Å²) in [5, 5.41) is 3.60. The van der Waals surface area contributed by atoms with E-state index >= 15 is 0 Å². The predicted molar refractivity (Wildman–Crippen MR) is 90.5 cm³/mol. The first-order valence-electron chi connectivity index (χ1n) is 7.79. The number of hydrogen-bond donors (Lipinski definition) is 1. The molecule has 1 aromatic carbocycles. The molecule has 0 heterocycles.